The molecule has 4 heteroatoms. The maximum absolute atomic E-state index is 12.5. The third-order valence-electron chi connectivity index (χ3n) is 4.34. The highest BCUT2D eigenvalue weighted by Gasteiger charge is 2.42. The molecule has 0 aromatic heterocycles. The Hall–Kier alpha value is -1.84. The SMILES string of the molecule is COC(=O)C1(NC(=O)C(C)c2ccccc2)CCCCC1. The van der Waals surface area contributed by atoms with Crippen LogP contribution < -0.4 is 5.32 Å². The molecule has 1 N–H and O–H groups in total. The van der Waals surface area contributed by atoms with Crippen LogP contribution >= 0.6 is 0 Å². The van der Waals surface area contributed by atoms with E-state index in [4.69, 9.17) is 4.74 Å². The first-order chi connectivity index (χ1) is 10.1. The Balaban J connectivity index is 2.13. The van der Waals surface area contributed by atoms with E-state index in [1.807, 2.05) is 37.3 Å². The molecule has 1 aliphatic carbocycles. The zero-order valence-electron chi connectivity index (χ0n) is 12.7. The van der Waals surface area contributed by atoms with Crippen LogP contribution in [0.25, 0.3) is 0 Å². The first-order valence-corrected chi connectivity index (χ1v) is 7.54. The van der Waals surface area contributed by atoms with Gasteiger partial charge in [0, 0.05) is 0 Å². The number of esters is 1. The Bertz CT molecular complexity index is 492. The number of nitrogens with one attached hydrogen (secondary N) is 1. The molecule has 114 valence electrons. The van der Waals surface area contributed by atoms with Gasteiger partial charge in [-0.2, -0.15) is 0 Å². The molecular weight excluding hydrogens is 266 g/mol. The lowest BCUT2D eigenvalue weighted by atomic mass is 9.81. The van der Waals surface area contributed by atoms with Crippen molar-refractivity contribution < 1.29 is 14.3 Å². The van der Waals surface area contributed by atoms with Gasteiger partial charge in [0.25, 0.3) is 0 Å². The monoisotopic (exact) mass is 289 g/mol. The summed E-state index contributed by atoms with van der Waals surface area (Å²) in [5, 5.41) is 2.97. The van der Waals surface area contributed by atoms with Gasteiger partial charge in [0.15, 0.2) is 0 Å². The number of hydrogen-bond donors (Lipinski definition) is 1. The molecule has 0 heterocycles. The summed E-state index contributed by atoms with van der Waals surface area (Å²) in [5.41, 5.74) is 0.110. The topological polar surface area (TPSA) is 55.4 Å². The summed E-state index contributed by atoms with van der Waals surface area (Å²) in [6.45, 7) is 1.86. The van der Waals surface area contributed by atoms with E-state index < -0.39 is 5.54 Å². The van der Waals surface area contributed by atoms with Crippen molar-refractivity contribution in [2.45, 2.75) is 50.5 Å². The van der Waals surface area contributed by atoms with Gasteiger partial charge in [0.05, 0.1) is 13.0 Å². The highest BCUT2D eigenvalue weighted by atomic mass is 16.5. The van der Waals surface area contributed by atoms with Crippen molar-refractivity contribution in [2.24, 2.45) is 0 Å². The fraction of sp³-hybridized carbons (Fsp3) is 0.529. The summed E-state index contributed by atoms with van der Waals surface area (Å²) in [6, 6.07) is 9.60. The number of ether oxygens (including phenoxy) is 1. The second-order valence-corrected chi connectivity index (χ2v) is 5.76. The summed E-state index contributed by atoms with van der Waals surface area (Å²) >= 11 is 0. The van der Waals surface area contributed by atoms with E-state index in [9.17, 15) is 9.59 Å². The Morgan fingerprint density at radius 1 is 1.14 bits per heavy atom. The molecule has 0 aliphatic heterocycles. The van der Waals surface area contributed by atoms with Gasteiger partial charge in [-0.05, 0) is 25.3 Å². The average Bonchev–Trinajstić information content (AvgIpc) is 2.55. The van der Waals surface area contributed by atoms with Crippen molar-refractivity contribution in [3.8, 4) is 0 Å². The maximum atomic E-state index is 12.5. The molecule has 2 rings (SSSR count). The van der Waals surface area contributed by atoms with Crippen LogP contribution in [0.5, 0.6) is 0 Å². The van der Waals surface area contributed by atoms with Gasteiger partial charge in [0.2, 0.25) is 5.91 Å². The molecule has 1 aromatic carbocycles. The standard InChI is InChI=1S/C17H23NO3/c1-13(14-9-5-3-6-10-14)15(19)18-17(16(20)21-2)11-7-4-8-12-17/h3,5-6,9-10,13H,4,7-8,11-12H2,1-2H3,(H,18,19). The Kier molecular flexibility index (Phi) is 4.99. The largest absolute Gasteiger partial charge is 0.467 e. The fourth-order valence-corrected chi connectivity index (χ4v) is 2.97. The Morgan fingerprint density at radius 2 is 1.76 bits per heavy atom. The van der Waals surface area contributed by atoms with Crippen molar-refractivity contribution >= 4 is 11.9 Å². The molecule has 1 aliphatic rings. The van der Waals surface area contributed by atoms with Crippen LogP contribution in [0.3, 0.4) is 0 Å². The molecule has 21 heavy (non-hydrogen) atoms. The zero-order chi connectivity index (χ0) is 15.3. The first kappa shape index (κ1) is 15.5. The molecule has 1 unspecified atom stereocenters. The van der Waals surface area contributed by atoms with Crippen molar-refractivity contribution in [3.05, 3.63) is 35.9 Å². The summed E-state index contributed by atoms with van der Waals surface area (Å²) < 4.78 is 4.93. The summed E-state index contributed by atoms with van der Waals surface area (Å²) in [6.07, 6.45) is 4.30. The highest BCUT2D eigenvalue weighted by molar-refractivity contribution is 5.91. The minimum atomic E-state index is -0.840. The van der Waals surface area contributed by atoms with Gasteiger partial charge in [0.1, 0.15) is 5.54 Å². The molecule has 1 aromatic rings. The third kappa shape index (κ3) is 3.43. The molecule has 1 atom stereocenters. The zero-order valence-corrected chi connectivity index (χ0v) is 12.7. The minimum absolute atomic E-state index is 0.117. The van der Waals surface area contributed by atoms with Crippen LogP contribution in [0.4, 0.5) is 0 Å². The molecule has 0 bridgehead atoms. The minimum Gasteiger partial charge on any atom is -0.467 e. The first-order valence-electron chi connectivity index (χ1n) is 7.54. The predicted octanol–water partition coefficient (Wildman–Crippen LogP) is 2.78. The molecule has 1 saturated carbocycles. The molecule has 0 radical (unpaired) electrons. The van der Waals surface area contributed by atoms with E-state index in [-0.39, 0.29) is 17.8 Å². The predicted molar refractivity (Wildman–Crippen MR) is 80.8 cm³/mol. The van der Waals surface area contributed by atoms with Crippen molar-refractivity contribution in [1.82, 2.24) is 5.32 Å². The van der Waals surface area contributed by atoms with Crippen LogP contribution in [0, 0.1) is 0 Å². The summed E-state index contributed by atoms with van der Waals surface area (Å²) in [7, 11) is 1.38. The number of carbonyl (C=O) groups excluding carboxylic acids is 2. The normalized spacial score (nSPS) is 18.6. The van der Waals surface area contributed by atoms with E-state index >= 15 is 0 Å². The number of amides is 1. The maximum Gasteiger partial charge on any atom is 0.331 e. The quantitative estimate of drug-likeness (QED) is 0.867. The van der Waals surface area contributed by atoms with Gasteiger partial charge in [-0.15, -0.1) is 0 Å². The van der Waals surface area contributed by atoms with E-state index in [2.05, 4.69) is 5.32 Å². The van der Waals surface area contributed by atoms with Crippen LogP contribution in [-0.4, -0.2) is 24.5 Å². The third-order valence-corrected chi connectivity index (χ3v) is 4.34. The number of hydrogen-bond acceptors (Lipinski definition) is 3. The molecule has 4 nitrogen and oxygen atoms in total. The lowest BCUT2D eigenvalue weighted by molar-refractivity contribution is -0.152. The average molecular weight is 289 g/mol. The van der Waals surface area contributed by atoms with Crippen molar-refractivity contribution in [1.29, 1.82) is 0 Å². The molecule has 1 amide bonds. The van der Waals surface area contributed by atoms with Crippen LogP contribution in [0.1, 0.15) is 50.5 Å². The lowest BCUT2D eigenvalue weighted by Gasteiger charge is -2.36. The van der Waals surface area contributed by atoms with Gasteiger partial charge in [-0.1, -0.05) is 49.6 Å². The van der Waals surface area contributed by atoms with Gasteiger partial charge in [-0.3, -0.25) is 4.79 Å². The Labute approximate surface area is 125 Å². The van der Waals surface area contributed by atoms with E-state index in [0.29, 0.717) is 12.8 Å². The van der Waals surface area contributed by atoms with Crippen LogP contribution in [-0.2, 0) is 14.3 Å². The van der Waals surface area contributed by atoms with Gasteiger partial charge >= 0.3 is 5.97 Å². The Morgan fingerprint density at radius 3 is 2.33 bits per heavy atom. The van der Waals surface area contributed by atoms with Gasteiger partial charge in [-0.25, -0.2) is 4.79 Å². The van der Waals surface area contributed by atoms with Crippen molar-refractivity contribution in [3.63, 3.8) is 0 Å². The van der Waals surface area contributed by atoms with E-state index in [1.165, 1.54) is 7.11 Å². The van der Waals surface area contributed by atoms with Crippen molar-refractivity contribution in [2.75, 3.05) is 7.11 Å². The van der Waals surface area contributed by atoms with E-state index in [1.54, 1.807) is 0 Å². The molecule has 0 spiro atoms. The molecular formula is C17H23NO3. The highest BCUT2D eigenvalue weighted by Crippen LogP contribution is 2.30. The fourth-order valence-electron chi connectivity index (χ4n) is 2.97. The summed E-state index contributed by atoms with van der Waals surface area (Å²) in [5.74, 6) is -0.723. The number of rotatable bonds is 4. The smallest absolute Gasteiger partial charge is 0.331 e. The van der Waals surface area contributed by atoms with E-state index in [0.717, 1.165) is 24.8 Å². The van der Waals surface area contributed by atoms with Crippen LogP contribution in [0.2, 0.25) is 0 Å². The number of carbonyl (C=O) groups is 2. The summed E-state index contributed by atoms with van der Waals surface area (Å²) in [4.78, 5) is 24.7. The molecule has 1 fully saturated rings. The molecule has 0 saturated heterocycles. The second kappa shape index (κ2) is 6.74. The lowest BCUT2D eigenvalue weighted by Crippen LogP contribution is -2.56. The number of methoxy groups -OCH3 is 1. The van der Waals surface area contributed by atoms with Gasteiger partial charge < -0.3 is 10.1 Å². The number of benzene rings is 1. The second-order valence-electron chi connectivity index (χ2n) is 5.76. The van der Waals surface area contributed by atoms with Crippen LogP contribution in [0.15, 0.2) is 30.3 Å².